The first kappa shape index (κ1) is 16.0. The van der Waals surface area contributed by atoms with Crippen LogP contribution in [-0.2, 0) is 30.2 Å². The van der Waals surface area contributed by atoms with Crippen LogP contribution in [0.15, 0.2) is 35.5 Å². The zero-order valence-corrected chi connectivity index (χ0v) is 13.3. The summed E-state index contributed by atoms with van der Waals surface area (Å²) in [5.74, 6) is 0. The summed E-state index contributed by atoms with van der Waals surface area (Å²) >= 11 is 5.88. The van der Waals surface area contributed by atoms with E-state index in [9.17, 15) is 13.5 Å². The van der Waals surface area contributed by atoms with E-state index in [2.05, 4.69) is 5.10 Å². The van der Waals surface area contributed by atoms with Crippen LogP contribution in [0.5, 0.6) is 0 Å². The molecule has 0 atom stereocenters. The minimum atomic E-state index is -3.65. The zero-order chi connectivity index (χ0) is 15.6. The largest absolute Gasteiger partial charge is 0.392 e. The molecule has 114 valence electrons. The van der Waals surface area contributed by atoms with Gasteiger partial charge in [-0.1, -0.05) is 11.6 Å². The molecule has 0 amide bonds. The summed E-state index contributed by atoms with van der Waals surface area (Å²) in [5.41, 5.74) is 1.17. The fraction of sp³-hybridized carbons (Fsp3) is 0.308. The third-order valence-electron chi connectivity index (χ3n) is 3.06. The molecule has 0 unspecified atom stereocenters. The molecule has 0 bridgehead atoms. The Morgan fingerprint density at radius 3 is 2.71 bits per heavy atom. The van der Waals surface area contributed by atoms with Gasteiger partial charge in [-0.15, -0.1) is 0 Å². The fourth-order valence-corrected chi connectivity index (χ4v) is 3.30. The minimum absolute atomic E-state index is 0.0994. The molecular formula is C13H16ClN3O3S. The van der Waals surface area contributed by atoms with Gasteiger partial charge >= 0.3 is 0 Å². The van der Waals surface area contributed by atoms with Gasteiger partial charge in [0.2, 0.25) is 10.0 Å². The Hall–Kier alpha value is -1.41. The number of aliphatic hydroxyl groups excluding tert-OH is 1. The van der Waals surface area contributed by atoms with Crippen LogP contribution in [0.4, 0.5) is 0 Å². The lowest BCUT2D eigenvalue weighted by atomic mass is 10.2. The number of hydrogen-bond donors (Lipinski definition) is 1. The molecule has 0 aliphatic carbocycles. The molecule has 1 heterocycles. The highest BCUT2D eigenvalue weighted by molar-refractivity contribution is 7.89. The molecule has 21 heavy (non-hydrogen) atoms. The average molecular weight is 330 g/mol. The van der Waals surface area contributed by atoms with Crippen molar-refractivity contribution in [3.63, 3.8) is 0 Å². The number of rotatable bonds is 5. The molecule has 0 radical (unpaired) electrons. The van der Waals surface area contributed by atoms with Gasteiger partial charge in [0.25, 0.3) is 0 Å². The maximum absolute atomic E-state index is 12.5. The van der Waals surface area contributed by atoms with Gasteiger partial charge < -0.3 is 5.11 Å². The summed E-state index contributed by atoms with van der Waals surface area (Å²) in [4.78, 5) is 0.0994. The molecule has 1 N–H and O–H groups in total. The Bertz CT molecular complexity index is 743. The molecule has 8 heteroatoms. The fourth-order valence-electron chi connectivity index (χ4n) is 1.91. The monoisotopic (exact) mass is 329 g/mol. The zero-order valence-electron chi connectivity index (χ0n) is 11.7. The van der Waals surface area contributed by atoms with Crippen LogP contribution >= 0.6 is 11.6 Å². The van der Waals surface area contributed by atoms with Crippen molar-refractivity contribution in [2.24, 2.45) is 7.05 Å². The third-order valence-corrected chi connectivity index (χ3v) is 5.23. The maximum Gasteiger partial charge on any atom is 0.243 e. The van der Waals surface area contributed by atoms with Gasteiger partial charge in [0.05, 0.1) is 17.7 Å². The molecular weight excluding hydrogens is 314 g/mol. The van der Waals surface area contributed by atoms with Crippen molar-refractivity contribution in [1.29, 1.82) is 0 Å². The first-order chi connectivity index (χ1) is 9.84. The number of benzene rings is 1. The molecule has 0 spiro atoms. The van der Waals surface area contributed by atoms with Gasteiger partial charge in [0, 0.05) is 37.4 Å². The van der Waals surface area contributed by atoms with Gasteiger partial charge in [-0.05, 0) is 23.8 Å². The van der Waals surface area contributed by atoms with E-state index in [0.29, 0.717) is 10.6 Å². The molecule has 0 saturated carbocycles. The average Bonchev–Trinajstić information content (AvgIpc) is 2.84. The summed E-state index contributed by atoms with van der Waals surface area (Å²) in [6.45, 7) is -0.0955. The predicted octanol–water partition coefficient (Wildman–Crippen LogP) is 1.39. The Balaban J connectivity index is 2.28. The number of aromatic nitrogens is 2. The minimum Gasteiger partial charge on any atom is -0.392 e. The lowest BCUT2D eigenvalue weighted by molar-refractivity contribution is 0.281. The van der Waals surface area contributed by atoms with Crippen molar-refractivity contribution >= 4 is 21.6 Å². The van der Waals surface area contributed by atoms with E-state index >= 15 is 0 Å². The smallest absolute Gasteiger partial charge is 0.243 e. The van der Waals surface area contributed by atoms with E-state index in [1.165, 1.54) is 29.6 Å². The molecule has 2 rings (SSSR count). The van der Waals surface area contributed by atoms with Crippen molar-refractivity contribution in [2.75, 3.05) is 7.05 Å². The number of nitrogens with zero attached hydrogens (tertiary/aromatic N) is 3. The second kappa shape index (κ2) is 6.15. The van der Waals surface area contributed by atoms with Crippen LogP contribution in [0.25, 0.3) is 0 Å². The first-order valence-corrected chi connectivity index (χ1v) is 7.99. The van der Waals surface area contributed by atoms with Crippen LogP contribution in [0.3, 0.4) is 0 Å². The summed E-state index contributed by atoms with van der Waals surface area (Å²) in [6, 6.07) is 4.28. The van der Waals surface area contributed by atoms with Crippen molar-refractivity contribution in [2.45, 2.75) is 18.0 Å². The van der Waals surface area contributed by atoms with E-state index in [-0.39, 0.29) is 18.0 Å². The molecule has 0 fully saturated rings. The SMILES string of the molecule is CN(Cc1cnn(C)c1)S(=O)(=O)c1ccc(Cl)c(CO)c1. The molecule has 1 aromatic heterocycles. The summed E-state index contributed by atoms with van der Waals surface area (Å²) in [6.07, 6.45) is 3.38. The second-order valence-electron chi connectivity index (χ2n) is 4.69. The molecule has 0 saturated heterocycles. The summed E-state index contributed by atoms with van der Waals surface area (Å²) in [5, 5.41) is 13.5. The predicted molar refractivity (Wildman–Crippen MR) is 79.2 cm³/mol. The third kappa shape index (κ3) is 3.44. The number of halogens is 1. The van der Waals surface area contributed by atoms with Gasteiger partial charge in [-0.25, -0.2) is 8.42 Å². The quantitative estimate of drug-likeness (QED) is 0.899. The topological polar surface area (TPSA) is 75.4 Å². The number of sulfonamides is 1. The molecule has 6 nitrogen and oxygen atoms in total. The highest BCUT2D eigenvalue weighted by Gasteiger charge is 2.22. The lowest BCUT2D eigenvalue weighted by Gasteiger charge is -2.17. The van der Waals surface area contributed by atoms with Crippen molar-refractivity contribution in [3.05, 3.63) is 46.7 Å². The van der Waals surface area contributed by atoms with Gasteiger partial charge in [-0.2, -0.15) is 9.40 Å². The number of hydrogen-bond acceptors (Lipinski definition) is 4. The van der Waals surface area contributed by atoms with Crippen LogP contribution in [0, 0.1) is 0 Å². The van der Waals surface area contributed by atoms with Crippen LogP contribution < -0.4 is 0 Å². The second-order valence-corrected chi connectivity index (χ2v) is 7.15. The Labute approximate surface area is 128 Å². The standard InChI is InChI=1S/C13H16ClN3O3S/c1-16-7-10(6-15-16)8-17(2)21(19,20)12-3-4-13(14)11(5-12)9-18/h3-7,18H,8-9H2,1-2H3. The van der Waals surface area contributed by atoms with E-state index in [0.717, 1.165) is 5.56 Å². The normalized spacial score (nSPS) is 12.0. The lowest BCUT2D eigenvalue weighted by Crippen LogP contribution is -2.26. The van der Waals surface area contributed by atoms with E-state index in [4.69, 9.17) is 11.6 Å². The van der Waals surface area contributed by atoms with Crippen LogP contribution in [0.1, 0.15) is 11.1 Å². The number of aryl methyl sites for hydroxylation is 1. The van der Waals surface area contributed by atoms with Gasteiger partial charge in [0.1, 0.15) is 0 Å². The maximum atomic E-state index is 12.5. The number of aliphatic hydroxyl groups is 1. The van der Waals surface area contributed by atoms with Gasteiger partial charge in [-0.3, -0.25) is 4.68 Å². The molecule has 2 aromatic rings. The van der Waals surface area contributed by atoms with Crippen LogP contribution in [0.2, 0.25) is 5.02 Å². The van der Waals surface area contributed by atoms with E-state index < -0.39 is 10.0 Å². The Morgan fingerprint density at radius 1 is 1.43 bits per heavy atom. The van der Waals surface area contributed by atoms with Crippen molar-refractivity contribution in [3.8, 4) is 0 Å². The van der Waals surface area contributed by atoms with Crippen LogP contribution in [-0.4, -0.2) is 34.7 Å². The van der Waals surface area contributed by atoms with E-state index in [1.807, 2.05) is 0 Å². The Morgan fingerprint density at radius 2 is 2.14 bits per heavy atom. The summed E-state index contributed by atoms with van der Waals surface area (Å²) < 4.78 is 27.8. The molecule has 0 aliphatic heterocycles. The summed E-state index contributed by atoms with van der Waals surface area (Å²) in [7, 11) is -0.387. The molecule has 1 aromatic carbocycles. The Kier molecular flexibility index (Phi) is 4.67. The van der Waals surface area contributed by atoms with Crippen molar-refractivity contribution in [1.82, 2.24) is 14.1 Å². The highest BCUT2D eigenvalue weighted by atomic mass is 35.5. The van der Waals surface area contributed by atoms with Crippen molar-refractivity contribution < 1.29 is 13.5 Å². The highest BCUT2D eigenvalue weighted by Crippen LogP contribution is 2.23. The van der Waals surface area contributed by atoms with E-state index in [1.54, 1.807) is 24.1 Å². The molecule has 0 aliphatic rings. The first-order valence-electron chi connectivity index (χ1n) is 6.17. The van der Waals surface area contributed by atoms with Gasteiger partial charge in [0.15, 0.2) is 0 Å².